The van der Waals surface area contributed by atoms with E-state index in [0.29, 0.717) is 12.3 Å². The van der Waals surface area contributed by atoms with Crippen molar-refractivity contribution < 1.29 is 14.3 Å². The summed E-state index contributed by atoms with van der Waals surface area (Å²) in [6.07, 6.45) is 0.230. The Balaban J connectivity index is 2.38. The fraction of sp³-hybridized carbons (Fsp3) is 0.429. The quantitative estimate of drug-likeness (QED) is 0.592. The van der Waals surface area contributed by atoms with Crippen LogP contribution >= 0.6 is 11.8 Å². The molecule has 19 heavy (non-hydrogen) atoms. The summed E-state index contributed by atoms with van der Waals surface area (Å²) in [5.74, 6) is 0.0890. The van der Waals surface area contributed by atoms with Crippen molar-refractivity contribution in [2.75, 3.05) is 26.5 Å². The van der Waals surface area contributed by atoms with E-state index in [-0.39, 0.29) is 18.3 Å². The molecule has 0 heterocycles. The van der Waals surface area contributed by atoms with Crippen molar-refractivity contribution >= 4 is 23.6 Å². The van der Waals surface area contributed by atoms with Gasteiger partial charge >= 0.3 is 5.97 Å². The average Bonchev–Trinajstić information content (AvgIpc) is 2.43. The molecule has 1 aromatic rings. The number of ether oxygens (including phenoxy) is 1. The molecule has 1 rings (SSSR count). The van der Waals surface area contributed by atoms with Crippen molar-refractivity contribution in [3.05, 3.63) is 29.8 Å². The van der Waals surface area contributed by atoms with E-state index in [4.69, 9.17) is 0 Å². The first kappa shape index (κ1) is 15.6. The Hall–Kier alpha value is -1.49. The first-order valence-corrected chi connectivity index (χ1v) is 7.02. The molecule has 1 aromatic carbocycles. The molecule has 0 radical (unpaired) electrons. The van der Waals surface area contributed by atoms with Crippen LogP contribution < -0.4 is 0 Å². The third kappa shape index (κ3) is 5.34. The van der Waals surface area contributed by atoms with Crippen LogP contribution in [0.2, 0.25) is 0 Å². The molecule has 0 aliphatic heterocycles. The van der Waals surface area contributed by atoms with Crippen LogP contribution in [-0.2, 0) is 14.3 Å². The molecule has 0 aliphatic rings. The number of thioether (sulfide) groups is 1. The number of rotatable bonds is 6. The Morgan fingerprint density at radius 1 is 1.32 bits per heavy atom. The summed E-state index contributed by atoms with van der Waals surface area (Å²) in [6, 6.07) is 7.96. The highest BCUT2D eigenvalue weighted by Crippen LogP contribution is 2.21. The molecule has 4 nitrogen and oxygen atoms in total. The second-order valence-electron chi connectivity index (χ2n) is 4.20. The smallest absolute Gasteiger partial charge is 0.307 e. The fourth-order valence-electron chi connectivity index (χ4n) is 1.45. The Kier molecular flexibility index (Phi) is 6.42. The lowest BCUT2D eigenvalue weighted by Crippen LogP contribution is -2.30. The van der Waals surface area contributed by atoms with E-state index in [1.165, 1.54) is 18.9 Å². The molecule has 1 amide bonds. The van der Waals surface area contributed by atoms with Gasteiger partial charge in [0, 0.05) is 18.5 Å². The lowest BCUT2D eigenvalue weighted by Gasteiger charge is -2.16. The van der Waals surface area contributed by atoms with Crippen molar-refractivity contribution in [2.24, 2.45) is 0 Å². The zero-order chi connectivity index (χ0) is 14.3. The normalized spacial score (nSPS) is 10.1. The molecular weight excluding hydrogens is 262 g/mol. The zero-order valence-corrected chi connectivity index (χ0v) is 12.3. The molecule has 0 N–H and O–H groups in total. The number of nitrogens with zero attached hydrogens (tertiary/aromatic N) is 1. The van der Waals surface area contributed by atoms with Crippen LogP contribution in [0.5, 0.6) is 0 Å². The summed E-state index contributed by atoms with van der Waals surface area (Å²) < 4.78 is 4.54. The minimum Gasteiger partial charge on any atom is -0.469 e. The van der Waals surface area contributed by atoms with Gasteiger partial charge < -0.3 is 9.64 Å². The van der Waals surface area contributed by atoms with Gasteiger partial charge in [-0.25, -0.2) is 0 Å². The molecule has 0 saturated carbocycles. The predicted octanol–water partition coefficient (Wildman–Crippen LogP) is 2.11. The van der Waals surface area contributed by atoms with Crippen molar-refractivity contribution in [2.45, 2.75) is 18.2 Å². The number of esters is 1. The molecule has 0 atom stereocenters. The highest BCUT2D eigenvalue weighted by atomic mass is 32.2. The third-order valence-electron chi connectivity index (χ3n) is 2.75. The molecule has 0 aromatic heterocycles. The Morgan fingerprint density at radius 2 is 2.00 bits per heavy atom. The number of carbonyl (C=O) groups excluding carboxylic acids is 2. The van der Waals surface area contributed by atoms with Crippen molar-refractivity contribution in [3.63, 3.8) is 0 Å². The van der Waals surface area contributed by atoms with E-state index in [1.54, 1.807) is 11.9 Å². The Labute approximate surface area is 118 Å². The number of aryl methyl sites for hydroxylation is 1. The van der Waals surface area contributed by atoms with Crippen LogP contribution in [0.15, 0.2) is 29.2 Å². The van der Waals surface area contributed by atoms with Gasteiger partial charge in [0.15, 0.2) is 0 Å². The van der Waals surface area contributed by atoms with Gasteiger partial charge in [0.2, 0.25) is 5.91 Å². The van der Waals surface area contributed by atoms with Gasteiger partial charge in [-0.15, -0.1) is 11.8 Å². The van der Waals surface area contributed by atoms with Crippen molar-refractivity contribution in [3.8, 4) is 0 Å². The van der Waals surface area contributed by atoms with E-state index in [0.717, 1.165) is 10.5 Å². The summed E-state index contributed by atoms with van der Waals surface area (Å²) in [5.41, 5.74) is 1.16. The third-order valence-corrected chi connectivity index (χ3v) is 3.91. The van der Waals surface area contributed by atoms with Crippen molar-refractivity contribution in [1.82, 2.24) is 4.90 Å². The number of methoxy groups -OCH3 is 1. The van der Waals surface area contributed by atoms with Crippen LogP contribution in [-0.4, -0.2) is 43.2 Å². The number of amides is 1. The summed E-state index contributed by atoms with van der Waals surface area (Å²) in [6.45, 7) is 2.41. The molecule has 0 saturated heterocycles. The minimum absolute atomic E-state index is 0.0113. The van der Waals surface area contributed by atoms with Gasteiger partial charge in [0.05, 0.1) is 19.3 Å². The lowest BCUT2D eigenvalue weighted by molar-refractivity contribution is -0.141. The van der Waals surface area contributed by atoms with Crippen molar-refractivity contribution in [1.29, 1.82) is 0 Å². The van der Waals surface area contributed by atoms with Crippen LogP contribution in [0.1, 0.15) is 12.0 Å². The Morgan fingerprint density at radius 3 is 2.63 bits per heavy atom. The highest BCUT2D eigenvalue weighted by Gasteiger charge is 2.11. The van der Waals surface area contributed by atoms with Gasteiger partial charge in [0.1, 0.15) is 0 Å². The van der Waals surface area contributed by atoms with Gasteiger partial charge in [-0.2, -0.15) is 0 Å². The maximum atomic E-state index is 11.9. The van der Waals surface area contributed by atoms with Crippen LogP contribution in [0.25, 0.3) is 0 Å². The van der Waals surface area contributed by atoms with E-state index in [1.807, 2.05) is 31.2 Å². The van der Waals surface area contributed by atoms with Gasteiger partial charge in [-0.3, -0.25) is 9.59 Å². The van der Waals surface area contributed by atoms with E-state index < -0.39 is 0 Å². The first-order chi connectivity index (χ1) is 9.04. The largest absolute Gasteiger partial charge is 0.469 e. The second-order valence-corrected chi connectivity index (χ2v) is 5.21. The van der Waals surface area contributed by atoms with E-state index in [2.05, 4.69) is 4.74 Å². The average molecular weight is 281 g/mol. The summed E-state index contributed by atoms with van der Waals surface area (Å²) in [7, 11) is 3.04. The maximum Gasteiger partial charge on any atom is 0.307 e. The molecule has 0 bridgehead atoms. The van der Waals surface area contributed by atoms with Gasteiger partial charge in [-0.1, -0.05) is 18.2 Å². The van der Waals surface area contributed by atoms with E-state index in [9.17, 15) is 9.59 Å². The fourth-order valence-corrected chi connectivity index (χ4v) is 2.42. The highest BCUT2D eigenvalue weighted by molar-refractivity contribution is 8.00. The summed E-state index contributed by atoms with van der Waals surface area (Å²) >= 11 is 1.52. The number of hydrogen-bond donors (Lipinski definition) is 0. The maximum absolute atomic E-state index is 11.9. The molecular formula is C14H19NO3S. The predicted molar refractivity (Wildman–Crippen MR) is 76.2 cm³/mol. The number of benzene rings is 1. The minimum atomic E-state index is -0.300. The second kappa shape index (κ2) is 7.84. The van der Waals surface area contributed by atoms with Crippen LogP contribution in [0.4, 0.5) is 0 Å². The number of hydrogen-bond acceptors (Lipinski definition) is 4. The Bertz CT molecular complexity index is 448. The summed E-state index contributed by atoms with van der Waals surface area (Å²) in [4.78, 5) is 25.5. The van der Waals surface area contributed by atoms with E-state index >= 15 is 0 Å². The lowest BCUT2D eigenvalue weighted by atomic mass is 10.2. The SMILES string of the molecule is COC(=O)CCN(C)C(=O)CSc1ccccc1C. The molecule has 0 spiro atoms. The van der Waals surface area contributed by atoms with Crippen LogP contribution in [0, 0.1) is 6.92 Å². The first-order valence-electron chi connectivity index (χ1n) is 6.03. The number of carbonyl (C=O) groups is 2. The molecule has 104 valence electrons. The molecule has 0 unspecified atom stereocenters. The van der Waals surface area contributed by atoms with Gasteiger partial charge in [0.25, 0.3) is 0 Å². The van der Waals surface area contributed by atoms with Crippen LogP contribution in [0.3, 0.4) is 0 Å². The standard InChI is InChI=1S/C14H19NO3S/c1-11-6-4-5-7-12(11)19-10-13(16)15(2)9-8-14(17)18-3/h4-7H,8-10H2,1-3H3. The zero-order valence-electron chi connectivity index (χ0n) is 11.5. The molecule has 5 heteroatoms. The monoisotopic (exact) mass is 281 g/mol. The molecule has 0 aliphatic carbocycles. The topological polar surface area (TPSA) is 46.6 Å². The molecule has 0 fully saturated rings. The summed E-state index contributed by atoms with van der Waals surface area (Å²) in [5, 5.41) is 0. The van der Waals surface area contributed by atoms with Gasteiger partial charge in [-0.05, 0) is 18.6 Å².